The monoisotopic (exact) mass is 176 g/mol. The van der Waals surface area contributed by atoms with Crippen molar-refractivity contribution >= 4 is 11.9 Å². The first kappa shape index (κ1) is 10.6. The maximum Gasteiger partial charge on any atom is 0.364 e. The highest BCUT2D eigenvalue weighted by Crippen LogP contribution is 2.06. The van der Waals surface area contributed by atoms with Gasteiger partial charge in [0.25, 0.3) is 5.79 Å². The summed E-state index contributed by atoms with van der Waals surface area (Å²) in [5.41, 5.74) is 0. The van der Waals surface area contributed by atoms with E-state index in [1.54, 1.807) is 0 Å². The Hall–Kier alpha value is -1.40. The van der Waals surface area contributed by atoms with Gasteiger partial charge in [0.15, 0.2) is 0 Å². The predicted molar refractivity (Wildman–Crippen MR) is 36.2 cm³/mol. The molecule has 0 aromatic heterocycles. The SMILES string of the molecule is O=C(O)/C=C/CC(O)(O)C(=O)O. The molecule has 0 saturated heterocycles. The van der Waals surface area contributed by atoms with Crippen LogP contribution in [0.15, 0.2) is 12.2 Å². The molecular formula is C6H8O6. The highest BCUT2D eigenvalue weighted by molar-refractivity contribution is 5.80. The molecule has 0 spiro atoms. The third-order valence-electron chi connectivity index (χ3n) is 1.01. The minimum Gasteiger partial charge on any atom is -0.478 e. The van der Waals surface area contributed by atoms with E-state index < -0.39 is 24.1 Å². The highest BCUT2D eigenvalue weighted by atomic mass is 16.5. The van der Waals surface area contributed by atoms with Gasteiger partial charge in [-0.2, -0.15) is 0 Å². The molecule has 0 unspecified atom stereocenters. The Morgan fingerprint density at radius 1 is 1.25 bits per heavy atom. The molecule has 6 heteroatoms. The number of rotatable bonds is 4. The minimum absolute atomic E-state index is 0.629. The molecule has 0 radical (unpaired) electrons. The summed E-state index contributed by atoms with van der Waals surface area (Å²) in [5.74, 6) is -6.00. The van der Waals surface area contributed by atoms with Crippen LogP contribution in [0, 0.1) is 0 Å². The fraction of sp³-hybridized carbons (Fsp3) is 0.333. The van der Waals surface area contributed by atoms with E-state index >= 15 is 0 Å². The molecule has 0 atom stereocenters. The molecule has 12 heavy (non-hydrogen) atoms. The van der Waals surface area contributed by atoms with Crippen LogP contribution in [-0.4, -0.2) is 38.2 Å². The first-order valence-electron chi connectivity index (χ1n) is 2.94. The van der Waals surface area contributed by atoms with Crippen LogP contribution in [0.2, 0.25) is 0 Å². The molecule has 0 bridgehead atoms. The molecule has 0 aliphatic rings. The molecule has 0 aliphatic heterocycles. The standard InChI is InChI=1S/C6H8O6/c7-4(8)2-1-3-6(11,12)5(9)10/h1-2,11-12H,3H2,(H,7,8)(H,9,10)/b2-1+. The van der Waals surface area contributed by atoms with Gasteiger partial charge in [-0.05, 0) is 0 Å². The van der Waals surface area contributed by atoms with Crippen LogP contribution in [0.4, 0.5) is 0 Å². The van der Waals surface area contributed by atoms with Crippen molar-refractivity contribution in [2.45, 2.75) is 12.2 Å². The van der Waals surface area contributed by atoms with Gasteiger partial charge >= 0.3 is 11.9 Å². The lowest BCUT2D eigenvalue weighted by molar-refractivity contribution is -0.202. The molecule has 0 fully saturated rings. The van der Waals surface area contributed by atoms with E-state index in [2.05, 4.69) is 0 Å². The summed E-state index contributed by atoms with van der Waals surface area (Å²) in [4.78, 5) is 19.9. The highest BCUT2D eigenvalue weighted by Gasteiger charge is 2.31. The lowest BCUT2D eigenvalue weighted by atomic mass is 10.2. The molecule has 0 rings (SSSR count). The van der Waals surface area contributed by atoms with Gasteiger partial charge in [-0.1, -0.05) is 6.08 Å². The Balaban J connectivity index is 4.09. The fourth-order valence-electron chi connectivity index (χ4n) is 0.411. The van der Waals surface area contributed by atoms with Crippen LogP contribution >= 0.6 is 0 Å². The Morgan fingerprint density at radius 2 is 1.75 bits per heavy atom. The summed E-state index contributed by atoms with van der Waals surface area (Å²) >= 11 is 0. The lowest BCUT2D eigenvalue weighted by Gasteiger charge is -2.12. The molecule has 0 amide bonds. The van der Waals surface area contributed by atoms with Crippen molar-refractivity contribution in [2.24, 2.45) is 0 Å². The van der Waals surface area contributed by atoms with Crippen LogP contribution < -0.4 is 0 Å². The summed E-state index contributed by atoms with van der Waals surface area (Å²) in [5, 5.41) is 33.4. The van der Waals surface area contributed by atoms with Gasteiger partial charge in [-0.25, -0.2) is 9.59 Å². The molecule has 4 N–H and O–H groups in total. The van der Waals surface area contributed by atoms with E-state index in [1.165, 1.54) is 0 Å². The lowest BCUT2D eigenvalue weighted by Crippen LogP contribution is -2.37. The molecular weight excluding hydrogens is 168 g/mol. The third-order valence-corrected chi connectivity index (χ3v) is 1.01. The van der Waals surface area contributed by atoms with Crippen LogP contribution in [-0.2, 0) is 9.59 Å². The molecule has 0 aliphatic carbocycles. The summed E-state index contributed by atoms with van der Waals surface area (Å²) in [6, 6.07) is 0. The van der Waals surface area contributed by atoms with Crippen LogP contribution in [0.3, 0.4) is 0 Å². The second-order valence-corrected chi connectivity index (χ2v) is 2.07. The van der Waals surface area contributed by atoms with Crippen molar-refractivity contribution in [2.75, 3.05) is 0 Å². The summed E-state index contributed by atoms with van der Waals surface area (Å²) < 4.78 is 0. The van der Waals surface area contributed by atoms with Crippen molar-refractivity contribution in [3.05, 3.63) is 12.2 Å². The van der Waals surface area contributed by atoms with Gasteiger partial charge in [-0.3, -0.25) is 0 Å². The summed E-state index contributed by atoms with van der Waals surface area (Å²) in [6.07, 6.45) is 0.801. The maximum absolute atomic E-state index is 10.0. The first-order chi connectivity index (χ1) is 5.36. The van der Waals surface area contributed by atoms with Gasteiger partial charge in [0.2, 0.25) is 0 Å². The van der Waals surface area contributed by atoms with Gasteiger partial charge in [0, 0.05) is 12.5 Å². The van der Waals surface area contributed by atoms with Gasteiger partial charge in [-0.15, -0.1) is 0 Å². The van der Waals surface area contributed by atoms with Crippen LogP contribution in [0.1, 0.15) is 6.42 Å². The average Bonchev–Trinajstić information content (AvgIpc) is 1.85. The molecule has 6 nitrogen and oxygen atoms in total. The quantitative estimate of drug-likeness (QED) is 0.315. The van der Waals surface area contributed by atoms with Crippen LogP contribution in [0.25, 0.3) is 0 Å². The molecule has 68 valence electrons. The van der Waals surface area contributed by atoms with Gasteiger partial charge < -0.3 is 20.4 Å². The topological polar surface area (TPSA) is 115 Å². The zero-order chi connectivity index (χ0) is 9.78. The zero-order valence-electron chi connectivity index (χ0n) is 5.97. The van der Waals surface area contributed by atoms with E-state index in [0.717, 1.165) is 6.08 Å². The van der Waals surface area contributed by atoms with Gasteiger partial charge in [0.05, 0.1) is 0 Å². The largest absolute Gasteiger partial charge is 0.478 e. The minimum atomic E-state index is -2.90. The number of carboxylic acids is 2. The third kappa shape index (κ3) is 3.69. The van der Waals surface area contributed by atoms with E-state index in [-0.39, 0.29) is 0 Å². The zero-order valence-corrected chi connectivity index (χ0v) is 5.97. The summed E-state index contributed by atoms with van der Waals surface area (Å²) in [7, 11) is 0. The maximum atomic E-state index is 10.0. The number of carboxylic acid groups (broad SMARTS) is 2. The van der Waals surface area contributed by atoms with Crippen molar-refractivity contribution in [3.63, 3.8) is 0 Å². The Kier molecular flexibility index (Phi) is 3.39. The van der Waals surface area contributed by atoms with Crippen molar-refractivity contribution < 1.29 is 30.0 Å². The molecule has 0 saturated carbocycles. The number of carbonyl (C=O) groups is 2. The van der Waals surface area contributed by atoms with E-state index in [0.29, 0.717) is 6.08 Å². The van der Waals surface area contributed by atoms with E-state index in [4.69, 9.17) is 20.4 Å². The Bertz CT molecular complexity index is 216. The second kappa shape index (κ2) is 3.84. The fourth-order valence-corrected chi connectivity index (χ4v) is 0.411. The number of aliphatic carboxylic acids is 2. The first-order valence-corrected chi connectivity index (χ1v) is 2.94. The van der Waals surface area contributed by atoms with Gasteiger partial charge in [0.1, 0.15) is 0 Å². The smallest absolute Gasteiger partial charge is 0.364 e. The normalized spacial score (nSPS) is 11.8. The van der Waals surface area contributed by atoms with E-state index in [1.807, 2.05) is 0 Å². The number of hydrogen-bond donors (Lipinski definition) is 4. The number of hydrogen-bond acceptors (Lipinski definition) is 4. The van der Waals surface area contributed by atoms with Crippen LogP contribution in [0.5, 0.6) is 0 Å². The Labute approximate surface area is 67.4 Å². The Morgan fingerprint density at radius 3 is 2.08 bits per heavy atom. The summed E-state index contributed by atoms with van der Waals surface area (Å²) in [6.45, 7) is 0. The van der Waals surface area contributed by atoms with Crippen molar-refractivity contribution in [1.29, 1.82) is 0 Å². The van der Waals surface area contributed by atoms with E-state index in [9.17, 15) is 9.59 Å². The van der Waals surface area contributed by atoms with Crippen molar-refractivity contribution in [3.8, 4) is 0 Å². The second-order valence-electron chi connectivity index (χ2n) is 2.07. The predicted octanol–water partition coefficient (Wildman–Crippen LogP) is -1.22. The molecule has 0 heterocycles. The van der Waals surface area contributed by atoms with Crippen molar-refractivity contribution in [1.82, 2.24) is 0 Å². The number of aliphatic hydroxyl groups is 2. The molecule has 0 aromatic carbocycles. The average molecular weight is 176 g/mol. The molecule has 0 aromatic rings.